The average Bonchev–Trinajstić information content (AvgIpc) is 1.57. The minimum absolute atomic E-state index is 0.00758. The standard InChI is InChI=1S/C77H73NO22/c1-47(79)92-64-59(45-89-42-49-25-11-4-12-26-49)95-75(93-55-39-37-54(87-2)38-40-55)61(78-70(82)56-35-21-22-36-57(56)71(78)83)66(64)100-77-69(99-74(86)53-33-19-8-20-34-53)68(98-73(85)52-31-17-7-18-32-52)65(97-72(84)51-29-15-6-16-30-51)60(96-77)46-91-76-67(90-43-50-27-13-5-14-28-50)63(81)62(80)58(94-76)44-88-41-48-23-9-3-10-24-48/h3-40,58-69,75-77,80-81H,41-46H2,1-2H3/t58-,59-,60-,61-,62+,63+,64+,65-,66-,67-,68+,69-,75-,76+,77+/m1/s1. The van der Waals surface area contributed by atoms with Crippen LogP contribution in [0, 0.1) is 0 Å². The van der Waals surface area contributed by atoms with Crippen molar-refractivity contribution in [2.45, 2.75) is 119 Å². The first-order valence-electron chi connectivity index (χ1n) is 32.5. The molecule has 8 aromatic rings. The zero-order valence-corrected chi connectivity index (χ0v) is 54.3. The first-order valence-corrected chi connectivity index (χ1v) is 32.5. The number of nitrogens with zero attached hydrogens (tertiary/aromatic N) is 1. The Morgan fingerprint density at radius 3 is 1.31 bits per heavy atom. The van der Waals surface area contributed by atoms with E-state index in [2.05, 4.69) is 0 Å². The van der Waals surface area contributed by atoms with Crippen LogP contribution in [0.1, 0.15) is 75.4 Å². The number of aliphatic hydroxyl groups excluding tert-OH is 2. The fraction of sp³-hybridized carbons (Fsp3) is 0.299. The Morgan fingerprint density at radius 1 is 0.400 bits per heavy atom. The van der Waals surface area contributed by atoms with E-state index in [1.807, 2.05) is 66.7 Å². The van der Waals surface area contributed by atoms with Crippen LogP contribution in [0.5, 0.6) is 11.5 Å². The smallest absolute Gasteiger partial charge is 0.338 e. The van der Waals surface area contributed by atoms with E-state index in [4.69, 9.17) is 66.3 Å². The molecule has 100 heavy (non-hydrogen) atoms. The number of rotatable bonds is 27. The summed E-state index contributed by atoms with van der Waals surface area (Å²) in [4.78, 5) is 90.1. The summed E-state index contributed by atoms with van der Waals surface area (Å²) in [6.07, 6.45) is -24.2. The Kier molecular flexibility index (Phi) is 23.2. The number of methoxy groups -OCH3 is 1. The molecule has 0 saturated carbocycles. The van der Waals surface area contributed by atoms with Crippen LogP contribution in [0.4, 0.5) is 0 Å². The number of carbonyl (C=O) groups is 6. The molecule has 0 unspecified atom stereocenters. The molecule has 0 bridgehead atoms. The minimum Gasteiger partial charge on any atom is -0.497 e. The van der Waals surface area contributed by atoms with Gasteiger partial charge in [-0.15, -0.1) is 0 Å². The Morgan fingerprint density at radius 2 is 0.810 bits per heavy atom. The topological polar surface area (TPSA) is 275 Å². The molecule has 3 saturated heterocycles. The van der Waals surface area contributed by atoms with Crippen molar-refractivity contribution in [3.8, 4) is 11.5 Å². The van der Waals surface area contributed by atoms with Crippen molar-refractivity contribution in [1.82, 2.24) is 4.90 Å². The molecule has 2 N–H and O–H groups in total. The summed E-state index contributed by atoms with van der Waals surface area (Å²) < 4.78 is 91.3. The van der Waals surface area contributed by atoms with Crippen LogP contribution in [0.15, 0.2) is 231 Å². The van der Waals surface area contributed by atoms with Crippen molar-refractivity contribution in [2.24, 2.45) is 0 Å². The zero-order chi connectivity index (χ0) is 69.5. The molecule has 0 aromatic heterocycles. The van der Waals surface area contributed by atoms with Gasteiger partial charge in [0.1, 0.15) is 60.3 Å². The van der Waals surface area contributed by atoms with Crippen LogP contribution >= 0.6 is 0 Å². The van der Waals surface area contributed by atoms with E-state index in [1.165, 1.54) is 55.6 Å². The number of amides is 2. The summed E-state index contributed by atoms with van der Waals surface area (Å²) in [5.41, 5.74) is 2.21. The van der Waals surface area contributed by atoms with Crippen LogP contribution in [0.3, 0.4) is 0 Å². The molecule has 15 atom stereocenters. The molecule has 23 nitrogen and oxygen atoms in total. The highest BCUT2D eigenvalue weighted by Gasteiger charge is 2.61. The van der Waals surface area contributed by atoms with E-state index >= 15 is 19.2 Å². The van der Waals surface area contributed by atoms with Crippen LogP contribution in [0.2, 0.25) is 0 Å². The Balaban J connectivity index is 1.00. The molecule has 0 aliphatic carbocycles. The lowest BCUT2D eigenvalue weighted by molar-refractivity contribution is -0.354. The summed E-state index contributed by atoms with van der Waals surface area (Å²) in [5.74, 6) is -5.05. The van der Waals surface area contributed by atoms with Gasteiger partial charge in [-0.25, -0.2) is 14.4 Å². The second-order valence-corrected chi connectivity index (χ2v) is 23.9. The Hall–Kier alpha value is -10.0. The number of aliphatic hydroxyl groups is 2. The van der Waals surface area contributed by atoms with Gasteiger partial charge in [0.2, 0.25) is 6.29 Å². The van der Waals surface area contributed by atoms with Crippen LogP contribution in [-0.4, -0.2) is 170 Å². The second-order valence-electron chi connectivity index (χ2n) is 23.9. The maximum absolute atomic E-state index is 15.2. The SMILES string of the molecule is COc1ccc(O[C@@H]2O[C@H](COCc3ccccc3)[C@H](OC(C)=O)[C@H](O[C@@H]3O[C@H](CO[C@H]4O[C@H](COCc5ccccc5)[C@H](O)[C@H](O)[C@H]4OCc4ccccc4)[C@@H](OC(=O)c4ccccc4)[C@H](OC(=O)c4ccccc4)[C@H]3OC(=O)c3ccccc3)[C@H]2N2C(=O)c3ccccc3C2=O)cc1. The number of ether oxygens (including phenoxy) is 14. The lowest BCUT2D eigenvalue weighted by Crippen LogP contribution is -2.70. The van der Waals surface area contributed by atoms with Gasteiger partial charge in [-0.2, -0.15) is 0 Å². The van der Waals surface area contributed by atoms with Gasteiger partial charge in [0, 0.05) is 6.92 Å². The van der Waals surface area contributed by atoms with Crippen LogP contribution < -0.4 is 9.47 Å². The fourth-order valence-electron chi connectivity index (χ4n) is 12.2. The van der Waals surface area contributed by atoms with Crippen molar-refractivity contribution in [1.29, 1.82) is 0 Å². The molecular weight excluding hydrogens is 1290 g/mol. The number of hydrogen-bond acceptors (Lipinski definition) is 22. The van der Waals surface area contributed by atoms with Crippen molar-refractivity contribution >= 4 is 35.7 Å². The molecule has 4 aliphatic rings. The molecular formula is C77H73NO22. The second kappa shape index (κ2) is 33.2. The Labute approximate surface area is 575 Å². The molecule has 2 amide bonds. The van der Waals surface area contributed by atoms with E-state index in [-0.39, 0.29) is 66.6 Å². The molecule has 0 radical (unpaired) electrons. The summed E-state index contributed by atoms with van der Waals surface area (Å²) in [6.45, 7) is -0.282. The van der Waals surface area contributed by atoms with E-state index in [1.54, 1.807) is 115 Å². The molecule has 4 aliphatic heterocycles. The van der Waals surface area contributed by atoms with Crippen molar-refractivity contribution < 1.29 is 105 Å². The first-order chi connectivity index (χ1) is 48.8. The van der Waals surface area contributed by atoms with Gasteiger partial charge in [0.25, 0.3) is 11.8 Å². The van der Waals surface area contributed by atoms with Gasteiger partial charge in [0.05, 0.1) is 74.6 Å². The van der Waals surface area contributed by atoms with Gasteiger partial charge in [-0.1, -0.05) is 158 Å². The van der Waals surface area contributed by atoms with Gasteiger partial charge in [0.15, 0.2) is 37.0 Å². The van der Waals surface area contributed by atoms with E-state index in [9.17, 15) is 19.8 Å². The highest BCUT2D eigenvalue weighted by molar-refractivity contribution is 6.21. The summed E-state index contributed by atoms with van der Waals surface area (Å²) in [5, 5.41) is 23.9. The molecule has 8 aromatic carbocycles. The van der Waals surface area contributed by atoms with Crippen LogP contribution in [-0.2, 0) is 81.5 Å². The maximum atomic E-state index is 15.2. The number of benzene rings is 8. The van der Waals surface area contributed by atoms with Gasteiger partial charge < -0.3 is 76.5 Å². The number of hydrogen-bond donors (Lipinski definition) is 2. The monoisotopic (exact) mass is 1360 g/mol. The maximum Gasteiger partial charge on any atom is 0.338 e. The number of carbonyl (C=O) groups excluding carboxylic acids is 6. The molecule has 23 heteroatoms. The third-order valence-corrected chi connectivity index (χ3v) is 17.1. The van der Waals surface area contributed by atoms with Gasteiger partial charge in [-0.05, 0) is 89.5 Å². The largest absolute Gasteiger partial charge is 0.497 e. The summed E-state index contributed by atoms with van der Waals surface area (Å²) in [6, 6.07) is 61.2. The van der Waals surface area contributed by atoms with Crippen molar-refractivity contribution in [3.63, 3.8) is 0 Å². The molecule has 12 rings (SSSR count). The number of fused-ring (bicyclic) bond motifs is 1. The third kappa shape index (κ3) is 16.8. The minimum atomic E-state index is -2.14. The summed E-state index contributed by atoms with van der Waals surface area (Å²) >= 11 is 0. The quantitative estimate of drug-likeness (QED) is 0.0277. The Bertz CT molecular complexity index is 3970. The van der Waals surface area contributed by atoms with E-state index in [0.29, 0.717) is 11.3 Å². The highest BCUT2D eigenvalue weighted by atomic mass is 16.8. The average molecular weight is 1360 g/mol. The van der Waals surface area contributed by atoms with E-state index < -0.39 is 134 Å². The predicted molar refractivity (Wildman–Crippen MR) is 353 cm³/mol. The predicted octanol–water partition coefficient (Wildman–Crippen LogP) is 8.66. The normalized spacial score (nSPS) is 25.6. The van der Waals surface area contributed by atoms with Gasteiger partial charge >= 0.3 is 23.9 Å². The molecule has 0 spiro atoms. The molecule has 3 fully saturated rings. The lowest BCUT2D eigenvalue weighted by atomic mass is 9.93. The van der Waals surface area contributed by atoms with Crippen molar-refractivity contribution in [2.75, 3.05) is 26.9 Å². The van der Waals surface area contributed by atoms with Gasteiger partial charge in [-0.3, -0.25) is 19.3 Å². The number of esters is 4. The van der Waals surface area contributed by atoms with E-state index in [0.717, 1.165) is 23.0 Å². The highest BCUT2D eigenvalue weighted by Crippen LogP contribution is 2.41. The molecule has 4 heterocycles. The lowest BCUT2D eigenvalue weighted by Gasteiger charge is -2.50. The summed E-state index contributed by atoms with van der Waals surface area (Å²) in [7, 11) is 1.48. The third-order valence-electron chi connectivity index (χ3n) is 17.1. The number of imide groups is 1. The first kappa shape index (κ1) is 69.9. The zero-order valence-electron chi connectivity index (χ0n) is 54.3. The van der Waals surface area contributed by atoms with Crippen LogP contribution in [0.25, 0.3) is 0 Å². The fourth-order valence-corrected chi connectivity index (χ4v) is 12.2. The van der Waals surface area contributed by atoms with Crippen molar-refractivity contribution in [3.05, 3.63) is 275 Å². The molecule has 518 valence electrons.